The van der Waals surface area contributed by atoms with Crippen LogP contribution in [-0.2, 0) is 9.84 Å². The summed E-state index contributed by atoms with van der Waals surface area (Å²) in [5.74, 6) is 0.615. The van der Waals surface area contributed by atoms with Crippen LogP contribution in [0, 0.1) is 0 Å². The van der Waals surface area contributed by atoms with Gasteiger partial charge in [-0.25, -0.2) is 8.42 Å². The Kier molecular flexibility index (Phi) is 7.80. The molecule has 0 aromatic heterocycles. The molecule has 1 fully saturated rings. The normalized spacial score (nSPS) is 18.4. The summed E-state index contributed by atoms with van der Waals surface area (Å²) in [6.07, 6.45) is 7.37. The zero-order valence-corrected chi connectivity index (χ0v) is 13.8. The van der Waals surface area contributed by atoms with E-state index in [0.29, 0.717) is 11.8 Å². The van der Waals surface area contributed by atoms with Gasteiger partial charge in [0.1, 0.15) is 9.84 Å². The predicted molar refractivity (Wildman–Crippen MR) is 81.2 cm³/mol. The van der Waals surface area contributed by atoms with Crippen LogP contribution in [0.1, 0.15) is 45.4 Å². The number of rotatable bonds is 8. The maximum absolute atomic E-state index is 11.5. The van der Waals surface area contributed by atoms with Crippen molar-refractivity contribution in [1.82, 2.24) is 4.90 Å². The summed E-state index contributed by atoms with van der Waals surface area (Å²) in [5.41, 5.74) is 0. The number of hydrogen-bond donors (Lipinski definition) is 0. The highest BCUT2D eigenvalue weighted by Gasteiger charge is 2.20. The Labute approximate surface area is 120 Å². The van der Waals surface area contributed by atoms with E-state index in [1.54, 1.807) is 6.92 Å². The fourth-order valence-corrected chi connectivity index (χ4v) is 3.98. The van der Waals surface area contributed by atoms with Crippen molar-refractivity contribution >= 4 is 25.8 Å². The Bertz CT molecular complexity index is 313. The van der Waals surface area contributed by atoms with Gasteiger partial charge in [0.2, 0.25) is 0 Å². The number of hydrogen-bond acceptors (Lipinski definition) is 3. The maximum Gasteiger partial charge on any atom is 0.150 e. The smallest absolute Gasteiger partial charge is 0.150 e. The van der Waals surface area contributed by atoms with Crippen molar-refractivity contribution in [2.45, 2.75) is 51.5 Å². The summed E-state index contributed by atoms with van der Waals surface area (Å²) in [6.45, 7) is 3.69. The van der Waals surface area contributed by atoms with Crippen LogP contribution in [0.15, 0.2) is 0 Å². The van der Waals surface area contributed by atoms with Gasteiger partial charge in [-0.3, -0.25) is 4.90 Å². The molecule has 0 unspecified atom stereocenters. The molecule has 0 atom stereocenters. The van der Waals surface area contributed by atoms with Gasteiger partial charge >= 0.3 is 0 Å². The number of alkyl halides is 1. The minimum absolute atomic E-state index is 0.273. The topological polar surface area (TPSA) is 37.4 Å². The first-order valence-electron chi connectivity index (χ1n) is 7.09. The molecule has 1 saturated carbocycles. The summed E-state index contributed by atoms with van der Waals surface area (Å²) in [5, 5.41) is 0.976. The first-order valence-corrected chi connectivity index (χ1v) is 10.0. The number of nitrogens with zero attached hydrogens (tertiary/aromatic N) is 1. The third-order valence-corrected chi connectivity index (χ3v) is 5.95. The zero-order valence-electron chi connectivity index (χ0n) is 11.4. The minimum atomic E-state index is -2.80. The average Bonchev–Trinajstić information content (AvgIpc) is 2.39. The highest BCUT2D eigenvalue weighted by atomic mass is 79.9. The molecule has 108 valence electrons. The van der Waals surface area contributed by atoms with Crippen LogP contribution in [0.2, 0.25) is 0 Å². The lowest BCUT2D eigenvalue weighted by Gasteiger charge is -2.34. The molecule has 0 spiro atoms. The molecule has 3 nitrogen and oxygen atoms in total. The van der Waals surface area contributed by atoms with Crippen molar-refractivity contribution in [3.63, 3.8) is 0 Å². The van der Waals surface area contributed by atoms with Gasteiger partial charge in [-0.1, -0.05) is 42.1 Å². The predicted octanol–water partition coefficient (Wildman–Crippen LogP) is 2.84. The Morgan fingerprint density at radius 2 is 1.83 bits per heavy atom. The van der Waals surface area contributed by atoms with Gasteiger partial charge < -0.3 is 0 Å². The number of sulfone groups is 1. The molecule has 5 heteroatoms. The summed E-state index contributed by atoms with van der Waals surface area (Å²) < 4.78 is 23.0. The molecular weight excluding hydrogens is 314 g/mol. The van der Waals surface area contributed by atoms with E-state index in [2.05, 4.69) is 20.8 Å². The van der Waals surface area contributed by atoms with E-state index in [1.807, 2.05) is 0 Å². The van der Waals surface area contributed by atoms with E-state index >= 15 is 0 Å². The van der Waals surface area contributed by atoms with Crippen LogP contribution in [0.5, 0.6) is 0 Å². The molecule has 0 heterocycles. The van der Waals surface area contributed by atoms with Crippen molar-refractivity contribution in [3.8, 4) is 0 Å². The molecule has 0 aromatic rings. The van der Waals surface area contributed by atoms with Gasteiger partial charge in [-0.15, -0.1) is 0 Å². The second kappa shape index (κ2) is 8.54. The van der Waals surface area contributed by atoms with Gasteiger partial charge in [0.15, 0.2) is 0 Å². The van der Waals surface area contributed by atoms with Gasteiger partial charge in [-0.05, 0) is 25.8 Å². The first-order chi connectivity index (χ1) is 8.59. The molecule has 1 aliphatic rings. The van der Waals surface area contributed by atoms with Crippen LogP contribution in [0.4, 0.5) is 0 Å². The molecule has 18 heavy (non-hydrogen) atoms. The highest BCUT2D eigenvalue weighted by Crippen LogP contribution is 2.22. The molecule has 0 N–H and O–H groups in total. The first kappa shape index (κ1) is 16.4. The Balaban J connectivity index is 2.37. The Morgan fingerprint density at radius 3 is 2.39 bits per heavy atom. The van der Waals surface area contributed by atoms with Crippen molar-refractivity contribution < 1.29 is 8.42 Å². The minimum Gasteiger partial charge on any atom is -0.300 e. The zero-order chi connectivity index (χ0) is 13.4. The molecule has 0 amide bonds. The molecule has 0 saturated heterocycles. The maximum atomic E-state index is 11.5. The van der Waals surface area contributed by atoms with Gasteiger partial charge in [0, 0.05) is 23.7 Å². The third kappa shape index (κ3) is 6.02. The van der Waals surface area contributed by atoms with Crippen molar-refractivity contribution in [2.24, 2.45) is 0 Å². The molecular formula is C13H26BrNO2S. The van der Waals surface area contributed by atoms with Gasteiger partial charge in [0.25, 0.3) is 0 Å². The second-order valence-corrected chi connectivity index (χ2v) is 8.37. The Morgan fingerprint density at radius 1 is 1.17 bits per heavy atom. The van der Waals surface area contributed by atoms with Crippen LogP contribution < -0.4 is 0 Å². The molecule has 0 aromatic carbocycles. The second-order valence-electron chi connectivity index (χ2n) is 5.11. The van der Waals surface area contributed by atoms with Crippen molar-refractivity contribution in [3.05, 3.63) is 0 Å². The van der Waals surface area contributed by atoms with Crippen molar-refractivity contribution in [1.29, 1.82) is 0 Å². The van der Waals surface area contributed by atoms with Crippen LogP contribution in [0.3, 0.4) is 0 Å². The Hall–Kier alpha value is 0.390. The largest absolute Gasteiger partial charge is 0.300 e. The van der Waals surface area contributed by atoms with Crippen LogP contribution in [-0.4, -0.2) is 49.3 Å². The monoisotopic (exact) mass is 339 g/mol. The van der Waals surface area contributed by atoms with Crippen LogP contribution in [0.25, 0.3) is 0 Å². The molecule has 0 radical (unpaired) electrons. The molecule has 0 aliphatic heterocycles. The summed E-state index contributed by atoms with van der Waals surface area (Å²) in [4.78, 5) is 2.49. The standard InChI is InChI=1S/C13H26BrNO2S/c1-2-18(16,17)12-6-10-15(11-9-14)13-7-4-3-5-8-13/h13H,2-12H2,1H3. The third-order valence-electron chi connectivity index (χ3n) is 3.80. The summed E-state index contributed by atoms with van der Waals surface area (Å²) >= 11 is 3.50. The fourth-order valence-electron chi connectivity index (χ4n) is 2.66. The van der Waals surface area contributed by atoms with E-state index in [0.717, 1.165) is 24.8 Å². The van der Waals surface area contributed by atoms with E-state index in [1.165, 1.54) is 32.1 Å². The van der Waals surface area contributed by atoms with Gasteiger partial charge in [0.05, 0.1) is 5.75 Å². The molecule has 1 aliphatic carbocycles. The lowest BCUT2D eigenvalue weighted by atomic mass is 9.94. The summed E-state index contributed by atoms with van der Waals surface area (Å²) in [7, 11) is -2.80. The van der Waals surface area contributed by atoms with E-state index in [4.69, 9.17) is 0 Å². The SMILES string of the molecule is CCS(=O)(=O)CCCN(CCBr)C1CCCCC1. The number of halogens is 1. The fraction of sp³-hybridized carbons (Fsp3) is 1.00. The molecule has 1 rings (SSSR count). The van der Waals surface area contributed by atoms with Gasteiger partial charge in [-0.2, -0.15) is 0 Å². The quantitative estimate of drug-likeness (QED) is 0.638. The van der Waals surface area contributed by atoms with Crippen molar-refractivity contribution in [2.75, 3.05) is 29.9 Å². The lowest BCUT2D eigenvalue weighted by molar-refractivity contribution is 0.166. The summed E-state index contributed by atoms with van der Waals surface area (Å²) in [6, 6.07) is 0.681. The average molecular weight is 340 g/mol. The van der Waals surface area contributed by atoms with E-state index in [9.17, 15) is 8.42 Å². The van der Waals surface area contributed by atoms with E-state index < -0.39 is 9.84 Å². The van der Waals surface area contributed by atoms with Crippen LogP contribution >= 0.6 is 15.9 Å². The highest BCUT2D eigenvalue weighted by molar-refractivity contribution is 9.09. The van der Waals surface area contributed by atoms with E-state index in [-0.39, 0.29) is 5.75 Å². The lowest BCUT2D eigenvalue weighted by Crippen LogP contribution is -2.39. The molecule has 0 bridgehead atoms.